The van der Waals surface area contributed by atoms with Gasteiger partial charge in [-0.15, -0.1) is 0 Å². The summed E-state index contributed by atoms with van der Waals surface area (Å²) in [5.41, 5.74) is -2.12. The second-order valence-corrected chi connectivity index (χ2v) is 5.14. The van der Waals surface area contributed by atoms with E-state index in [1.54, 1.807) is 6.07 Å². The zero-order valence-corrected chi connectivity index (χ0v) is 11.3. The number of amides is 1. The van der Waals surface area contributed by atoms with Crippen LogP contribution in [-0.4, -0.2) is 30.2 Å². The van der Waals surface area contributed by atoms with E-state index in [2.05, 4.69) is 31.5 Å². The Balaban J connectivity index is 2.19. The molecule has 0 aromatic carbocycles. The van der Waals surface area contributed by atoms with Crippen LogP contribution >= 0.6 is 15.9 Å². The maximum atomic E-state index is 13.1. The van der Waals surface area contributed by atoms with Crippen LogP contribution in [0.2, 0.25) is 0 Å². The number of hydrogen-bond donors (Lipinski definition) is 2. The number of rotatable bonds is 2. The Morgan fingerprint density at radius 3 is 2.68 bits per heavy atom. The molecule has 1 fully saturated rings. The number of hydrogen-bond acceptors (Lipinski definition) is 3. The lowest BCUT2D eigenvalue weighted by atomic mass is 9.85. The quantitative estimate of drug-likeness (QED) is 0.814. The molecule has 4 nitrogen and oxygen atoms in total. The molecule has 0 radical (unpaired) electrons. The molecule has 1 unspecified atom stereocenters. The molecule has 104 valence electrons. The molecule has 0 spiro atoms. The average Bonchev–Trinajstić information content (AvgIpc) is 2.82. The maximum absolute atomic E-state index is 13.1. The maximum Gasteiger partial charge on any atom is 0.404 e. The highest BCUT2D eigenvalue weighted by Gasteiger charge is 2.61. The molecule has 8 heteroatoms. The summed E-state index contributed by atoms with van der Waals surface area (Å²) in [7, 11) is 0. The second kappa shape index (κ2) is 5.09. The summed E-state index contributed by atoms with van der Waals surface area (Å²) in [4.78, 5) is 15.8. The van der Waals surface area contributed by atoms with Gasteiger partial charge in [-0.3, -0.25) is 4.79 Å². The molecule has 2 rings (SSSR count). The van der Waals surface area contributed by atoms with Gasteiger partial charge in [-0.05, 0) is 41.0 Å². The Labute approximate surface area is 115 Å². The average molecular weight is 338 g/mol. The predicted molar refractivity (Wildman–Crippen MR) is 66.5 cm³/mol. The highest BCUT2D eigenvalue weighted by molar-refractivity contribution is 9.10. The van der Waals surface area contributed by atoms with Crippen LogP contribution in [0.1, 0.15) is 6.42 Å². The highest BCUT2D eigenvalue weighted by Crippen LogP contribution is 2.43. The first-order chi connectivity index (χ1) is 8.85. The number of aromatic nitrogens is 1. The van der Waals surface area contributed by atoms with E-state index in [-0.39, 0.29) is 18.7 Å². The molecule has 2 heterocycles. The van der Waals surface area contributed by atoms with Crippen molar-refractivity contribution in [3.05, 3.63) is 22.9 Å². The third kappa shape index (κ3) is 2.74. The van der Waals surface area contributed by atoms with E-state index in [4.69, 9.17) is 0 Å². The molecular formula is C11H11BrF3N3O. The van der Waals surface area contributed by atoms with Gasteiger partial charge in [0, 0.05) is 6.54 Å². The number of halogens is 4. The van der Waals surface area contributed by atoms with Crippen LogP contribution in [0.15, 0.2) is 22.9 Å². The third-order valence-electron chi connectivity index (χ3n) is 3.12. The molecule has 1 atom stereocenters. The summed E-state index contributed by atoms with van der Waals surface area (Å²) < 4.78 is 39.9. The lowest BCUT2D eigenvalue weighted by Crippen LogP contribution is -2.49. The predicted octanol–water partition coefficient (Wildman–Crippen LogP) is 2.32. The van der Waals surface area contributed by atoms with Crippen molar-refractivity contribution in [3.8, 4) is 0 Å². The molecule has 1 aromatic heterocycles. The van der Waals surface area contributed by atoms with Crippen LogP contribution in [0.25, 0.3) is 0 Å². The monoisotopic (exact) mass is 337 g/mol. The molecule has 1 aromatic rings. The number of anilines is 1. The van der Waals surface area contributed by atoms with E-state index in [0.29, 0.717) is 4.60 Å². The third-order valence-corrected chi connectivity index (χ3v) is 3.59. The summed E-state index contributed by atoms with van der Waals surface area (Å²) >= 11 is 3.11. The Morgan fingerprint density at radius 1 is 1.47 bits per heavy atom. The van der Waals surface area contributed by atoms with Crippen molar-refractivity contribution in [2.75, 3.05) is 18.4 Å². The minimum atomic E-state index is -4.58. The topological polar surface area (TPSA) is 54.0 Å². The molecule has 1 amide bonds. The van der Waals surface area contributed by atoms with Gasteiger partial charge in [0.1, 0.15) is 4.60 Å². The van der Waals surface area contributed by atoms with Gasteiger partial charge in [0.2, 0.25) is 5.91 Å². The van der Waals surface area contributed by atoms with E-state index in [1.165, 1.54) is 12.3 Å². The summed E-state index contributed by atoms with van der Waals surface area (Å²) in [6.45, 7) is -0.224. The van der Waals surface area contributed by atoms with Crippen molar-refractivity contribution in [1.29, 1.82) is 0 Å². The molecule has 0 aliphatic carbocycles. The van der Waals surface area contributed by atoms with Gasteiger partial charge >= 0.3 is 6.18 Å². The van der Waals surface area contributed by atoms with E-state index in [1.807, 2.05) is 0 Å². The van der Waals surface area contributed by atoms with Crippen LogP contribution in [0.3, 0.4) is 0 Å². The fraction of sp³-hybridized carbons (Fsp3) is 0.455. The SMILES string of the molecule is O=C(Nc1ccc(Br)nc1)C1(C(F)(F)F)CCNC1. The van der Waals surface area contributed by atoms with Gasteiger partial charge < -0.3 is 10.6 Å². The van der Waals surface area contributed by atoms with Gasteiger partial charge in [0.15, 0.2) is 5.41 Å². The van der Waals surface area contributed by atoms with E-state index in [0.717, 1.165) is 0 Å². The lowest BCUT2D eigenvalue weighted by Gasteiger charge is -2.29. The van der Waals surface area contributed by atoms with Crippen LogP contribution in [-0.2, 0) is 4.79 Å². The molecule has 1 saturated heterocycles. The molecule has 1 aliphatic rings. The van der Waals surface area contributed by atoms with Crippen molar-refractivity contribution in [3.63, 3.8) is 0 Å². The van der Waals surface area contributed by atoms with Gasteiger partial charge in [-0.25, -0.2) is 4.98 Å². The van der Waals surface area contributed by atoms with Crippen molar-refractivity contribution >= 4 is 27.5 Å². The number of alkyl halides is 3. The van der Waals surface area contributed by atoms with Crippen molar-refractivity contribution in [1.82, 2.24) is 10.3 Å². The first-order valence-corrected chi connectivity index (χ1v) is 6.35. The minimum Gasteiger partial charge on any atom is -0.324 e. The summed E-state index contributed by atoms with van der Waals surface area (Å²) in [5.74, 6) is -1.05. The Hall–Kier alpha value is -1.15. The van der Waals surface area contributed by atoms with Gasteiger partial charge in [-0.1, -0.05) is 0 Å². The first kappa shape index (κ1) is 14.3. The smallest absolute Gasteiger partial charge is 0.324 e. The Bertz CT molecular complexity index is 469. The van der Waals surface area contributed by atoms with Gasteiger partial charge in [0.05, 0.1) is 11.9 Å². The normalized spacial score (nSPS) is 23.4. The molecular weight excluding hydrogens is 327 g/mol. The number of nitrogens with zero attached hydrogens (tertiary/aromatic N) is 1. The highest BCUT2D eigenvalue weighted by atomic mass is 79.9. The number of nitrogens with one attached hydrogen (secondary N) is 2. The summed E-state index contributed by atoms with van der Waals surface area (Å²) in [6, 6.07) is 3.03. The Morgan fingerprint density at radius 2 is 2.21 bits per heavy atom. The number of carbonyl (C=O) groups excluding carboxylic acids is 1. The fourth-order valence-corrected chi connectivity index (χ4v) is 2.19. The van der Waals surface area contributed by atoms with Gasteiger partial charge in [0.25, 0.3) is 0 Å². The number of pyridine rings is 1. The zero-order valence-electron chi connectivity index (χ0n) is 9.72. The van der Waals surface area contributed by atoms with E-state index < -0.39 is 24.0 Å². The fourth-order valence-electron chi connectivity index (χ4n) is 1.96. The van der Waals surface area contributed by atoms with Crippen LogP contribution < -0.4 is 10.6 Å². The first-order valence-electron chi connectivity index (χ1n) is 5.56. The van der Waals surface area contributed by atoms with Crippen molar-refractivity contribution < 1.29 is 18.0 Å². The molecule has 0 saturated carbocycles. The zero-order chi connectivity index (χ0) is 14.1. The number of carbonyl (C=O) groups is 1. The second-order valence-electron chi connectivity index (χ2n) is 4.33. The van der Waals surface area contributed by atoms with Crippen molar-refractivity contribution in [2.24, 2.45) is 5.41 Å². The van der Waals surface area contributed by atoms with E-state index in [9.17, 15) is 18.0 Å². The molecule has 0 bridgehead atoms. The van der Waals surface area contributed by atoms with Gasteiger partial charge in [-0.2, -0.15) is 13.2 Å². The lowest BCUT2D eigenvalue weighted by molar-refractivity contribution is -0.213. The molecule has 2 N–H and O–H groups in total. The standard InChI is InChI=1S/C11H11BrF3N3O/c12-8-2-1-7(5-17-8)18-9(19)10(11(13,14)15)3-4-16-6-10/h1-2,5,16H,3-4,6H2,(H,18,19). The van der Waals surface area contributed by atoms with Crippen LogP contribution in [0, 0.1) is 5.41 Å². The van der Waals surface area contributed by atoms with E-state index >= 15 is 0 Å². The largest absolute Gasteiger partial charge is 0.404 e. The van der Waals surface area contributed by atoms with Crippen LogP contribution in [0.4, 0.5) is 18.9 Å². The molecule has 1 aliphatic heterocycles. The Kier molecular flexibility index (Phi) is 3.82. The van der Waals surface area contributed by atoms with Crippen LogP contribution in [0.5, 0.6) is 0 Å². The molecule has 19 heavy (non-hydrogen) atoms. The summed E-state index contributed by atoms with van der Waals surface area (Å²) in [5, 5.41) is 4.87. The minimum absolute atomic E-state index is 0.172. The summed E-state index contributed by atoms with van der Waals surface area (Å²) in [6.07, 6.45) is -3.54. The van der Waals surface area contributed by atoms with Crippen molar-refractivity contribution in [2.45, 2.75) is 12.6 Å².